The van der Waals surface area contributed by atoms with E-state index in [1.54, 1.807) is 24.3 Å². The molecule has 0 unspecified atom stereocenters. The predicted octanol–water partition coefficient (Wildman–Crippen LogP) is 3.89. The average molecular weight is 395 g/mol. The van der Waals surface area contributed by atoms with Gasteiger partial charge < -0.3 is 15.4 Å². The van der Waals surface area contributed by atoms with E-state index in [-0.39, 0.29) is 18.4 Å². The second-order valence-corrected chi connectivity index (χ2v) is 7.18. The molecule has 0 aliphatic heterocycles. The van der Waals surface area contributed by atoms with Crippen LogP contribution < -0.4 is 15.4 Å². The van der Waals surface area contributed by atoms with Gasteiger partial charge in [0, 0.05) is 16.0 Å². The van der Waals surface area contributed by atoms with Gasteiger partial charge in [0.2, 0.25) is 5.91 Å². The second kappa shape index (κ2) is 9.14. The van der Waals surface area contributed by atoms with Gasteiger partial charge in [-0.15, -0.1) is 11.3 Å². The highest BCUT2D eigenvalue weighted by Gasteiger charge is 2.13. The average Bonchev–Trinajstić information content (AvgIpc) is 3.07. The van der Waals surface area contributed by atoms with Gasteiger partial charge in [0.1, 0.15) is 5.75 Å². The summed E-state index contributed by atoms with van der Waals surface area (Å²) in [5, 5.41) is 5.86. The zero-order chi connectivity index (χ0) is 19.9. The van der Waals surface area contributed by atoms with Crippen molar-refractivity contribution >= 4 is 28.3 Å². The van der Waals surface area contributed by atoms with Crippen LogP contribution in [0.5, 0.6) is 5.75 Å². The minimum absolute atomic E-state index is 0.134. The molecule has 0 saturated carbocycles. The molecule has 144 valence electrons. The van der Waals surface area contributed by atoms with Crippen LogP contribution in [0.1, 0.15) is 22.2 Å². The quantitative estimate of drug-likeness (QED) is 0.636. The van der Waals surface area contributed by atoms with Crippen molar-refractivity contribution in [3.05, 3.63) is 65.0 Å². The number of nitrogens with zero attached hydrogens (tertiary/aromatic N) is 1. The molecule has 0 atom stereocenters. The monoisotopic (exact) mass is 395 g/mol. The summed E-state index contributed by atoms with van der Waals surface area (Å²) in [5.41, 5.74) is 2.31. The molecular weight excluding hydrogens is 374 g/mol. The smallest absolute Gasteiger partial charge is 0.251 e. The summed E-state index contributed by atoms with van der Waals surface area (Å²) in [6.45, 7) is 4.29. The van der Waals surface area contributed by atoms with E-state index < -0.39 is 0 Å². The van der Waals surface area contributed by atoms with Gasteiger partial charge in [-0.05, 0) is 38.1 Å². The molecule has 6 nitrogen and oxygen atoms in total. The molecule has 2 amide bonds. The molecule has 0 aliphatic carbocycles. The first-order valence-electron chi connectivity index (χ1n) is 8.90. The molecule has 28 heavy (non-hydrogen) atoms. The number of anilines is 1. The van der Waals surface area contributed by atoms with E-state index in [0.717, 1.165) is 16.1 Å². The summed E-state index contributed by atoms with van der Waals surface area (Å²) < 4.78 is 5.35. The topological polar surface area (TPSA) is 80.3 Å². The Morgan fingerprint density at radius 1 is 1.07 bits per heavy atom. The fourth-order valence-corrected chi connectivity index (χ4v) is 3.46. The van der Waals surface area contributed by atoms with Gasteiger partial charge in [0.25, 0.3) is 5.91 Å². The molecule has 0 spiro atoms. The zero-order valence-corrected chi connectivity index (χ0v) is 16.5. The molecule has 1 aromatic heterocycles. The number of ether oxygens (including phenoxy) is 1. The Morgan fingerprint density at radius 2 is 1.79 bits per heavy atom. The zero-order valence-electron chi connectivity index (χ0n) is 15.7. The third-order valence-electron chi connectivity index (χ3n) is 3.93. The molecule has 0 saturated heterocycles. The van der Waals surface area contributed by atoms with Crippen LogP contribution >= 0.6 is 11.3 Å². The molecular formula is C21H21N3O3S. The lowest BCUT2D eigenvalue weighted by atomic mass is 10.1. The van der Waals surface area contributed by atoms with E-state index in [0.29, 0.717) is 23.1 Å². The standard InChI is InChI=1S/C21H21N3O3S/c1-3-27-17-11-9-16(10-12-17)20(26)22-13-18(25)23-21-24-19(14(2)28-21)15-7-5-4-6-8-15/h4-12H,3,13H2,1-2H3,(H,22,26)(H,23,24,25). The van der Waals surface area contributed by atoms with Crippen LogP contribution in [0.15, 0.2) is 54.6 Å². The third kappa shape index (κ3) is 4.95. The molecule has 0 bridgehead atoms. The van der Waals surface area contributed by atoms with Crippen molar-refractivity contribution in [2.75, 3.05) is 18.5 Å². The van der Waals surface area contributed by atoms with Gasteiger partial charge in [-0.3, -0.25) is 9.59 Å². The van der Waals surface area contributed by atoms with E-state index in [9.17, 15) is 9.59 Å². The van der Waals surface area contributed by atoms with Gasteiger partial charge in [-0.2, -0.15) is 0 Å². The van der Waals surface area contributed by atoms with Crippen LogP contribution in [0.25, 0.3) is 11.3 Å². The van der Waals surface area contributed by atoms with Crippen molar-refractivity contribution in [1.29, 1.82) is 0 Å². The minimum atomic E-state index is -0.326. The summed E-state index contributed by atoms with van der Waals surface area (Å²) in [7, 11) is 0. The van der Waals surface area contributed by atoms with Gasteiger partial charge >= 0.3 is 0 Å². The maximum atomic E-state index is 12.2. The molecule has 1 heterocycles. The number of aromatic nitrogens is 1. The van der Waals surface area contributed by atoms with E-state index in [1.807, 2.05) is 44.2 Å². The van der Waals surface area contributed by atoms with E-state index in [1.165, 1.54) is 11.3 Å². The van der Waals surface area contributed by atoms with Gasteiger partial charge in [-0.1, -0.05) is 30.3 Å². The summed E-state index contributed by atoms with van der Waals surface area (Å²) in [4.78, 5) is 29.8. The van der Waals surface area contributed by atoms with E-state index in [2.05, 4.69) is 15.6 Å². The summed E-state index contributed by atoms with van der Waals surface area (Å²) >= 11 is 1.40. The summed E-state index contributed by atoms with van der Waals surface area (Å²) in [6.07, 6.45) is 0. The molecule has 3 aromatic rings. The lowest BCUT2D eigenvalue weighted by Gasteiger charge is -2.06. The van der Waals surface area contributed by atoms with Gasteiger partial charge in [0.15, 0.2) is 5.13 Å². The fraction of sp³-hybridized carbons (Fsp3) is 0.190. The first-order valence-corrected chi connectivity index (χ1v) is 9.72. The number of thiazole rings is 1. The predicted molar refractivity (Wildman–Crippen MR) is 111 cm³/mol. The Bertz CT molecular complexity index is 953. The maximum absolute atomic E-state index is 12.2. The Balaban J connectivity index is 1.55. The third-order valence-corrected chi connectivity index (χ3v) is 4.81. The number of rotatable bonds is 7. The molecule has 7 heteroatoms. The van der Waals surface area contributed by atoms with Crippen molar-refractivity contribution in [1.82, 2.24) is 10.3 Å². The van der Waals surface area contributed by atoms with Crippen LogP contribution in [-0.4, -0.2) is 29.9 Å². The minimum Gasteiger partial charge on any atom is -0.494 e. The molecule has 0 radical (unpaired) electrons. The lowest BCUT2D eigenvalue weighted by Crippen LogP contribution is -2.32. The van der Waals surface area contributed by atoms with Crippen LogP contribution in [0.2, 0.25) is 0 Å². The normalized spacial score (nSPS) is 10.4. The highest BCUT2D eigenvalue weighted by Crippen LogP contribution is 2.30. The van der Waals surface area contributed by atoms with Crippen LogP contribution in [0.4, 0.5) is 5.13 Å². The Labute approximate surface area is 167 Å². The van der Waals surface area contributed by atoms with E-state index in [4.69, 9.17) is 4.74 Å². The van der Waals surface area contributed by atoms with Crippen molar-refractivity contribution < 1.29 is 14.3 Å². The molecule has 2 aromatic carbocycles. The number of aryl methyl sites for hydroxylation is 1. The van der Waals surface area contributed by atoms with Crippen LogP contribution in [0, 0.1) is 6.92 Å². The molecule has 0 fully saturated rings. The lowest BCUT2D eigenvalue weighted by molar-refractivity contribution is -0.115. The summed E-state index contributed by atoms with van der Waals surface area (Å²) in [5.74, 6) is 0.0521. The fourth-order valence-electron chi connectivity index (χ4n) is 2.61. The first kappa shape index (κ1) is 19.6. The van der Waals surface area contributed by atoms with Gasteiger partial charge in [-0.25, -0.2) is 4.98 Å². The number of hydrogen-bond donors (Lipinski definition) is 2. The number of carbonyl (C=O) groups is 2. The Morgan fingerprint density at radius 3 is 2.46 bits per heavy atom. The number of benzene rings is 2. The molecule has 3 rings (SSSR count). The largest absolute Gasteiger partial charge is 0.494 e. The number of amides is 2. The van der Waals surface area contributed by atoms with Crippen molar-refractivity contribution in [3.63, 3.8) is 0 Å². The van der Waals surface area contributed by atoms with Crippen LogP contribution in [0.3, 0.4) is 0 Å². The highest BCUT2D eigenvalue weighted by atomic mass is 32.1. The molecule has 2 N–H and O–H groups in total. The maximum Gasteiger partial charge on any atom is 0.251 e. The van der Waals surface area contributed by atoms with Crippen molar-refractivity contribution in [2.45, 2.75) is 13.8 Å². The second-order valence-electron chi connectivity index (χ2n) is 5.98. The summed E-state index contributed by atoms with van der Waals surface area (Å²) in [6, 6.07) is 16.6. The Kier molecular flexibility index (Phi) is 6.39. The Hall–Kier alpha value is -3.19. The number of nitrogens with one attached hydrogen (secondary N) is 2. The first-order chi connectivity index (χ1) is 13.6. The molecule has 0 aliphatic rings. The number of hydrogen-bond acceptors (Lipinski definition) is 5. The van der Waals surface area contributed by atoms with Crippen LogP contribution in [-0.2, 0) is 4.79 Å². The van der Waals surface area contributed by atoms with E-state index >= 15 is 0 Å². The SMILES string of the molecule is CCOc1ccc(C(=O)NCC(=O)Nc2nc(-c3ccccc3)c(C)s2)cc1. The van der Waals surface area contributed by atoms with Crippen molar-refractivity contribution in [3.8, 4) is 17.0 Å². The van der Waals surface area contributed by atoms with Gasteiger partial charge in [0.05, 0.1) is 18.8 Å². The highest BCUT2D eigenvalue weighted by molar-refractivity contribution is 7.16. The van der Waals surface area contributed by atoms with Crippen molar-refractivity contribution in [2.24, 2.45) is 0 Å². The number of carbonyl (C=O) groups excluding carboxylic acids is 2.